The number of ether oxygens (including phenoxy) is 2. The van der Waals surface area contributed by atoms with Crippen LogP contribution in [0.3, 0.4) is 0 Å². The molecule has 0 saturated carbocycles. The van der Waals surface area contributed by atoms with Gasteiger partial charge in [-0.15, -0.1) is 0 Å². The average molecular weight is 445 g/mol. The van der Waals surface area contributed by atoms with E-state index < -0.39 is 0 Å². The second-order valence-corrected chi connectivity index (χ2v) is 7.97. The van der Waals surface area contributed by atoms with Crippen molar-refractivity contribution in [1.82, 2.24) is 5.32 Å². The monoisotopic (exact) mass is 444 g/mol. The fourth-order valence-electron chi connectivity index (χ4n) is 3.74. The van der Waals surface area contributed by atoms with Gasteiger partial charge in [0.2, 0.25) is 0 Å². The zero-order chi connectivity index (χ0) is 22.9. The van der Waals surface area contributed by atoms with Gasteiger partial charge in [0.1, 0.15) is 12.4 Å². The molecule has 2 N–H and O–H groups in total. The van der Waals surface area contributed by atoms with Gasteiger partial charge in [-0.1, -0.05) is 48.5 Å². The standard InChI is InChI=1S/C27H28N2O4/c30-26(21-10-6-11-22(18-21)33-19-23-12-7-17-32-23)29-25-14-5-4-13-24(25)27(31)28-16-15-20-8-2-1-3-9-20/h1-6,8-11,13-14,18,23H,7,12,15-17,19H2,(H,28,31)(H,29,30). The molecule has 2 amide bonds. The number of hydrogen-bond donors (Lipinski definition) is 2. The number of rotatable bonds is 9. The Morgan fingerprint density at radius 3 is 2.58 bits per heavy atom. The molecule has 0 aliphatic carbocycles. The summed E-state index contributed by atoms with van der Waals surface area (Å²) in [5.41, 5.74) is 2.50. The van der Waals surface area contributed by atoms with Gasteiger partial charge in [0.15, 0.2) is 0 Å². The minimum atomic E-state index is -0.304. The van der Waals surface area contributed by atoms with E-state index >= 15 is 0 Å². The minimum Gasteiger partial charge on any atom is -0.491 e. The lowest BCUT2D eigenvalue weighted by molar-refractivity contribution is 0.0679. The first-order valence-corrected chi connectivity index (χ1v) is 11.3. The van der Waals surface area contributed by atoms with Gasteiger partial charge >= 0.3 is 0 Å². The van der Waals surface area contributed by atoms with Crippen molar-refractivity contribution >= 4 is 17.5 Å². The molecule has 0 bridgehead atoms. The van der Waals surface area contributed by atoms with Crippen molar-refractivity contribution in [2.24, 2.45) is 0 Å². The number of amides is 2. The number of carbonyl (C=O) groups excluding carboxylic acids is 2. The molecule has 170 valence electrons. The number of carbonyl (C=O) groups is 2. The van der Waals surface area contributed by atoms with Gasteiger partial charge in [0.05, 0.1) is 17.4 Å². The minimum absolute atomic E-state index is 0.106. The fraction of sp³-hybridized carbons (Fsp3) is 0.259. The van der Waals surface area contributed by atoms with E-state index in [1.807, 2.05) is 36.4 Å². The SMILES string of the molecule is O=C(Nc1ccccc1C(=O)NCCc1ccccc1)c1cccc(OCC2CCCO2)c1. The number of hydrogen-bond acceptors (Lipinski definition) is 4. The van der Waals surface area contributed by atoms with Crippen molar-refractivity contribution in [3.05, 3.63) is 95.6 Å². The summed E-state index contributed by atoms with van der Waals surface area (Å²) >= 11 is 0. The first-order valence-electron chi connectivity index (χ1n) is 11.3. The first-order chi connectivity index (χ1) is 16.2. The third-order valence-corrected chi connectivity index (χ3v) is 5.52. The highest BCUT2D eigenvalue weighted by atomic mass is 16.5. The molecule has 1 heterocycles. The van der Waals surface area contributed by atoms with Gasteiger partial charge in [-0.25, -0.2) is 0 Å². The molecule has 1 saturated heterocycles. The summed E-state index contributed by atoms with van der Waals surface area (Å²) in [5.74, 6) is 0.0858. The summed E-state index contributed by atoms with van der Waals surface area (Å²) in [6.07, 6.45) is 2.88. The highest BCUT2D eigenvalue weighted by molar-refractivity contribution is 6.09. The van der Waals surface area contributed by atoms with Gasteiger partial charge in [-0.3, -0.25) is 9.59 Å². The third-order valence-electron chi connectivity index (χ3n) is 5.52. The zero-order valence-corrected chi connectivity index (χ0v) is 18.5. The van der Waals surface area contributed by atoms with Crippen LogP contribution in [0.5, 0.6) is 5.75 Å². The first kappa shape index (κ1) is 22.6. The van der Waals surface area contributed by atoms with Crippen molar-refractivity contribution < 1.29 is 19.1 Å². The lowest BCUT2D eigenvalue weighted by atomic mass is 10.1. The second-order valence-electron chi connectivity index (χ2n) is 7.97. The Balaban J connectivity index is 1.36. The van der Waals surface area contributed by atoms with Gasteiger partial charge in [-0.05, 0) is 55.2 Å². The summed E-state index contributed by atoms with van der Waals surface area (Å²) in [4.78, 5) is 25.6. The molecule has 1 aliphatic heterocycles. The zero-order valence-electron chi connectivity index (χ0n) is 18.5. The maximum Gasteiger partial charge on any atom is 0.255 e. The molecule has 0 spiro atoms. The van der Waals surface area contributed by atoms with Gasteiger partial charge in [0, 0.05) is 18.7 Å². The van der Waals surface area contributed by atoms with Crippen molar-refractivity contribution in [3.8, 4) is 5.75 Å². The molecule has 3 aromatic rings. The molecule has 6 heteroatoms. The summed E-state index contributed by atoms with van der Waals surface area (Å²) in [5, 5.41) is 5.79. The second kappa shape index (κ2) is 11.3. The van der Waals surface area contributed by atoms with Crippen molar-refractivity contribution in [2.45, 2.75) is 25.4 Å². The summed E-state index contributed by atoms with van der Waals surface area (Å²) in [6.45, 7) is 1.75. The van der Waals surface area contributed by atoms with Gasteiger partial charge in [-0.2, -0.15) is 0 Å². The molecule has 3 aromatic carbocycles. The molecule has 1 fully saturated rings. The van der Waals surface area contributed by atoms with Crippen LogP contribution in [-0.4, -0.2) is 37.7 Å². The molecule has 6 nitrogen and oxygen atoms in total. The average Bonchev–Trinajstić information content (AvgIpc) is 3.38. The molecule has 33 heavy (non-hydrogen) atoms. The van der Waals surface area contributed by atoms with Crippen molar-refractivity contribution in [3.63, 3.8) is 0 Å². The molecule has 0 aromatic heterocycles. The smallest absolute Gasteiger partial charge is 0.255 e. The number of nitrogens with one attached hydrogen (secondary N) is 2. The summed E-state index contributed by atoms with van der Waals surface area (Å²) in [6, 6.07) is 24.0. The Morgan fingerprint density at radius 1 is 0.939 bits per heavy atom. The molecule has 4 rings (SSSR count). The van der Waals surface area contributed by atoms with Gasteiger partial charge < -0.3 is 20.1 Å². The number of anilines is 1. The van der Waals surface area contributed by atoms with Crippen LogP contribution in [0.4, 0.5) is 5.69 Å². The molecular formula is C27H28N2O4. The van der Waals surface area contributed by atoms with Crippen LogP contribution in [0.15, 0.2) is 78.9 Å². The Labute approximate surface area is 193 Å². The van der Waals surface area contributed by atoms with Crippen LogP contribution >= 0.6 is 0 Å². The highest BCUT2D eigenvalue weighted by Gasteiger charge is 2.17. The third kappa shape index (κ3) is 6.43. The highest BCUT2D eigenvalue weighted by Crippen LogP contribution is 2.20. The number of benzene rings is 3. The summed E-state index contributed by atoms with van der Waals surface area (Å²) < 4.78 is 11.4. The molecule has 1 unspecified atom stereocenters. The van der Waals surface area contributed by atoms with E-state index in [4.69, 9.17) is 9.47 Å². The van der Waals surface area contributed by atoms with Crippen molar-refractivity contribution in [1.29, 1.82) is 0 Å². The Morgan fingerprint density at radius 2 is 1.76 bits per heavy atom. The van der Waals surface area contributed by atoms with Crippen LogP contribution in [0.2, 0.25) is 0 Å². The lowest BCUT2D eigenvalue weighted by Crippen LogP contribution is -2.27. The topological polar surface area (TPSA) is 76.7 Å². The van der Waals surface area contributed by atoms with Crippen LogP contribution < -0.4 is 15.4 Å². The largest absolute Gasteiger partial charge is 0.491 e. The Hall–Kier alpha value is -3.64. The number of para-hydroxylation sites is 1. The van der Waals surface area contributed by atoms with Gasteiger partial charge in [0.25, 0.3) is 11.8 Å². The predicted molar refractivity (Wildman–Crippen MR) is 128 cm³/mol. The van der Waals surface area contributed by atoms with Crippen LogP contribution in [0, 0.1) is 0 Å². The predicted octanol–water partition coefficient (Wildman–Crippen LogP) is 4.47. The Kier molecular flexibility index (Phi) is 7.72. The van der Waals surface area contributed by atoms with E-state index in [-0.39, 0.29) is 17.9 Å². The maximum absolute atomic E-state index is 12.9. The molecule has 0 radical (unpaired) electrons. The van der Waals surface area contributed by atoms with Crippen LogP contribution in [0.1, 0.15) is 39.1 Å². The van der Waals surface area contributed by atoms with E-state index in [1.54, 1.807) is 42.5 Å². The van der Waals surface area contributed by atoms with Crippen molar-refractivity contribution in [2.75, 3.05) is 25.1 Å². The summed E-state index contributed by atoms with van der Waals surface area (Å²) in [7, 11) is 0. The normalized spacial score (nSPS) is 15.1. The quantitative estimate of drug-likeness (QED) is 0.511. The maximum atomic E-state index is 12.9. The van der Waals surface area contributed by atoms with E-state index in [2.05, 4.69) is 10.6 Å². The van der Waals surface area contributed by atoms with Crippen LogP contribution in [0.25, 0.3) is 0 Å². The molecular weight excluding hydrogens is 416 g/mol. The van der Waals surface area contributed by atoms with E-state index in [9.17, 15) is 9.59 Å². The van der Waals surface area contributed by atoms with E-state index in [0.717, 1.165) is 31.4 Å². The van der Waals surface area contributed by atoms with E-state index in [1.165, 1.54) is 0 Å². The lowest BCUT2D eigenvalue weighted by Gasteiger charge is -2.13. The van der Waals surface area contributed by atoms with E-state index in [0.29, 0.717) is 35.7 Å². The fourth-order valence-corrected chi connectivity index (χ4v) is 3.74. The molecule has 1 aliphatic rings. The molecule has 1 atom stereocenters. The Bertz CT molecular complexity index is 1080. The van der Waals surface area contributed by atoms with Crippen LogP contribution in [-0.2, 0) is 11.2 Å².